The minimum atomic E-state index is -0.514. The highest BCUT2D eigenvalue weighted by molar-refractivity contribution is 5.99. The highest BCUT2D eigenvalue weighted by Crippen LogP contribution is 2.33. The Morgan fingerprint density at radius 1 is 1.32 bits per heavy atom. The molecule has 0 fully saturated rings. The van der Waals surface area contributed by atoms with Gasteiger partial charge >= 0.3 is 0 Å². The van der Waals surface area contributed by atoms with Gasteiger partial charge in [-0.3, -0.25) is 19.7 Å². The van der Waals surface area contributed by atoms with Gasteiger partial charge in [0.15, 0.2) is 6.61 Å². The van der Waals surface area contributed by atoms with Crippen molar-refractivity contribution >= 4 is 28.9 Å². The van der Waals surface area contributed by atoms with E-state index in [1.54, 1.807) is 43.4 Å². The molecule has 0 bridgehead atoms. The number of hydrogen-bond acceptors (Lipinski definition) is 5. The van der Waals surface area contributed by atoms with Gasteiger partial charge in [-0.15, -0.1) is 0 Å². The third-order valence-corrected chi connectivity index (χ3v) is 3.87. The minimum Gasteiger partial charge on any atom is -0.482 e. The van der Waals surface area contributed by atoms with Crippen LogP contribution in [0.4, 0.5) is 17.1 Å². The lowest BCUT2D eigenvalue weighted by molar-refractivity contribution is -0.385. The number of anilines is 2. The first-order valence-electron chi connectivity index (χ1n) is 7.51. The SMILES string of the molecule is CN1C(=O)COc2ccc(NC(=O)Cc3ccccc3[N+](=O)[O-])cc21. The van der Waals surface area contributed by atoms with Crippen LogP contribution in [0.5, 0.6) is 5.75 Å². The van der Waals surface area contributed by atoms with Gasteiger partial charge in [0.1, 0.15) is 5.75 Å². The van der Waals surface area contributed by atoms with Crippen LogP contribution in [0.15, 0.2) is 42.5 Å². The molecule has 1 heterocycles. The van der Waals surface area contributed by atoms with E-state index in [0.717, 1.165) is 0 Å². The molecule has 2 aromatic rings. The molecule has 25 heavy (non-hydrogen) atoms. The third kappa shape index (κ3) is 3.42. The molecule has 0 radical (unpaired) electrons. The van der Waals surface area contributed by atoms with Crippen LogP contribution in [-0.2, 0) is 16.0 Å². The van der Waals surface area contributed by atoms with E-state index in [2.05, 4.69) is 5.32 Å². The van der Waals surface area contributed by atoms with Crippen molar-refractivity contribution in [1.29, 1.82) is 0 Å². The number of nitrogens with one attached hydrogen (secondary N) is 1. The van der Waals surface area contributed by atoms with E-state index in [1.165, 1.54) is 11.0 Å². The first kappa shape index (κ1) is 16.4. The van der Waals surface area contributed by atoms with Gasteiger partial charge in [-0.1, -0.05) is 18.2 Å². The average Bonchev–Trinajstić information content (AvgIpc) is 2.59. The molecule has 8 heteroatoms. The summed E-state index contributed by atoms with van der Waals surface area (Å²) in [5.41, 5.74) is 1.27. The molecule has 1 aliphatic rings. The number of ether oxygens (including phenoxy) is 1. The first-order valence-corrected chi connectivity index (χ1v) is 7.51. The van der Waals surface area contributed by atoms with Crippen LogP contribution < -0.4 is 15.0 Å². The summed E-state index contributed by atoms with van der Waals surface area (Å²) in [4.78, 5) is 35.9. The highest BCUT2D eigenvalue weighted by Gasteiger charge is 2.23. The average molecular weight is 341 g/mol. The number of hydrogen-bond donors (Lipinski definition) is 1. The summed E-state index contributed by atoms with van der Waals surface area (Å²) in [5, 5.41) is 13.7. The number of likely N-dealkylation sites (N-methyl/N-ethyl adjacent to an activating group) is 1. The normalized spacial score (nSPS) is 13.0. The number of nitro benzene ring substituents is 1. The lowest BCUT2D eigenvalue weighted by Gasteiger charge is -2.26. The molecule has 0 spiro atoms. The number of benzene rings is 2. The van der Waals surface area contributed by atoms with Gasteiger partial charge in [-0.05, 0) is 18.2 Å². The lowest BCUT2D eigenvalue weighted by Crippen LogP contribution is -2.35. The summed E-state index contributed by atoms with van der Waals surface area (Å²) >= 11 is 0. The van der Waals surface area contributed by atoms with Crippen molar-refractivity contribution in [3.05, 3.63) is 58.1 Å². The predicted molar refractivity (Wildman–Crippen MR) is 90.8 cm³/mol. The fourth-order valence-electron chi connectivity index (χ4n) is 2.57. The zero-order valence-electron chi connectivity index (χ0n) is 13.4. The van der Waals surface area contributed by atoms with Crippen molar-refractivity contribution in [3.8, 4) is 5.75 Å². The summed E-state index contributed by atoms with van der Waals surface area (Å²) in [6.45, 7) is -0.0210. The number of carbonyl (C=O) groups is 2. The molecule has 2 aromatic carbocycles. The number of nitro groups is 1. The van der Waals surface area contributed by atoms with Crippen LogP contribution in [-0.4, -0.2) is 30.4 Å². The van der Waals surface area contributed by atoms with Gasteiger partial charge in [0.25, 0.3) is 11.6 Å². The molecule has 0 aromatic heterocycles. The molecule has 0 atom stereocenters. The van der Waals surface area contributed by atoms with E-state index in [9.17, 15) is 19.7 Å². The Morgan fingerprint density at radius 3 is 2.84 bits per heavy atom. The molecule has 0 saturated carbocycles. The molecule has 1 N–H and O–H groups in total. The summed E-state index contributed by atoms with van der Waals surface area (Å²) in [6.07, 6.45) is -0.125. The van der Waals surface area contributed by atoms with Crippen LogP contribution in [0.25, 0.3) is 0 Å². The summed E-state index contributed by atoms with van der Waals surface area (Å²) in [6, 6.07) is 11.1. The van der Waals surface area contributed by atoms with E-state index < -0.39 is 4.92 Å². The molecular weight excluding hydrogens is 326 g/mol. The predicted octanol–water partition coefficient (Wildman–Crippen LogP) is 2.13. The Hall–Kier alpha value is -3.42. The maximum atomic E-state index is 12.2. The molecule has 3 rings (SSSR count). The Balaban J connectivity index is 1.76. The third-order valence-electron chi connectivity index (χ3n) is 3.87. The largest absolute Gasteiger partial charge is 0.482 e. The van der Waals surface area contributed by atoms with E-state index in [0.29, 0.717) is 22.7 Å². The second-order valence-corrected chi connectivity index (χ2v) is 5.53. The molecule has 0 saturated heterocycles. The summed E-state index contributed by atoms with van der Waals surface area (Å²) in [5.74, 6) is -0.0189. The van der Waals surface area contributed by atoms with Crippen molar-refractivity contribution < 1.29 is 19.2 Å². The van der Waals surface area contributed by atoms with Crippen LogP contribution in [0.1, 0.15) is 5.56 Å². The van der Waals surface area contributed by atoms with Crippen molar-refractivity contribution in [2.75, 3.05) is 23.9 Å². The van der Waals surface area contributed by atoms with Crippen molar-refractivity contribution in [2.45, 2.75) is 6.42 Å². The van der Waals surface area contributed by atoms with E-state index >= 15 is 0 Å². The Bertz CT molecular complexity index is 865. The van der Waals surface area contributed by atoms with Gasteiger partial charge in [-0.2, -0.15) is 0 Å². The van der Waals surface area contributed by atoms with Crippen molar-refractivity contribution in [2.24, 2.45) is 0 Å². The minimum absolute atomic E-state index is 0.0210. The molecule has 2 amide bonds. The van der Waals surface area contributed by atoms with Crippen LogP contribution in [0.3, 0.4) is 0 Å². The Morgan fingerprint density at radius 2 is 2.08 bits per heavy atom. The molecule has 0 unspecified atom stereocenters. The molecule has 1 aliphatic heterocycles. The maximum Gasteiger partial charge on any atom is 0.273 e. The smallest absolute Gasteiger partial charge is 0.273 e. The maximum absolute atomic E-state index is 12.2. The zero-order valence-corrected chi connectivity index (χ0v) is 13.4. The second kappa shape index (κ2) is 6.60. The van der Waals surface area contributed by atoms with Crippen LogP contribution in [0.2, 0.25) is 0 Å². The van der Waals surface area contributed by atoms with Gasteiger partial charge in [0.2, 0.25) is 5.91 Å². The number of nitrogens with zero attached hydrogens (tertiary/aromatic N) is 2. The van der Waals surface area contributed by atoms with Gasteiger partial charge in [0.05, 0.1) is 17.0 Å². The van der Waals surface area contributed by atoms with Crippen molar-refractivity contribution in [3.63, 3.8) is 0 Å². The van der Waals surface area contributed by atoms with Crippen molar-refractivity contribution in [1.82, 2.24) is 0 Å². The van der Waals surface area contributed by atoms with E-state index in [4.69, 9.17) is 4.74 Å². The highest BCUT2D eigenvalue weighted by atomic mass is 16.6. The molecule has 0 aliphatic carbocycles. The number of rotatable bonds is 4. The van der Waals surface area contributed by atoms with Crippen LogP contribution >= 0.6 is 0 Å². The summed E-state index contributed by atoms with van der Waals surface area (Å²) in [7, 11) is 1.63. The Kier molecular flexibility index (Phi) is 4.34. The fourth-order valence-corrected chi connectivity index (χ4v) is 2.57. The zero-order chi connectivity index (χ0) is 18.0. The second-order valence-electron chi connectivity index (χ2n) is 5.53. The topological polar surface area (TPSA) is 102 Å². The van der Waals surface area contributed by atoms with E-state index in [1.807, 2.05) is 0 Å². The molecule has 8 nitrogen and oxygen atoms in total. The van der Waals surface area contributed by atoms with Gasteiger partial charge in [0, 0.05) is 24.4 Å². The quantitative estimate of drug-likeness (QED) is 0.678. The Labute approximate surface area is 143 Å². The number of carbonyl (C=O) groups excluding carboxylic acids is 2. The molecular formula is C17H15N3O5. The van der Waals surface area contributed by atoms with Gasteiger partial charge < -0.3 is 15.0 Å². The summed E-state index contributed by atoms with van der Waals surface area (Å²) < 4.78 is 5.32. The first-order chi connectivity index (χ1) is 12.0. The van der Waals surface area contributed by atoms with E-state index in [-0.39, 0.29) is 30.5 Å². The van der Waals surface area contributed by atoms with Gasteiger partial charge in [-0.25, -0.2) is 0 Å². The number of fused-ring (bicyclic) bond motifs is 1. The lowest BCUT2D eigenvalue weighted by atomic mass is 10.1. The molecule has 128 valence electrons. The standard InChI is InChI=1S/C17H15N3O5/c1-19-14-9-12(6-7-15(14)25-10-17(19)22)18-16(21)8-11-4-2-3-5-13(11)20(23)24/h2-7,9H,8,10H2,1H3,(H,18,21). The monoisotopic (exact) mass is 341 g/mol. The fraction of sp³-hybridized carbons (Fsp3) is 0.176. The van der Waals surface area contributed by atoms with Crippen LogP contribution in [0, 0.1) is 10.1 Å². The number of para-hydroxylation sites is 1. The number of amides is 2.